The Morgan fingerprint density at radius 2 is 2.00 bits per heavy atom. The zero-order valence-electron chi connectivity index (χ0n) is 16.9. The Hall–Kier alpha value is -2.95. The number of alkyl halides is 3. The number of rotatable bonds is 4. The minimum absolute atomic E-state index is 0.243. The molecule has 3 heterocycles. The first-order valence-corrected chi connectivity index (χ1v) is 9.86. The summed E-state index contributed by atoms with van der Waals surface area (Å²) >= 11 is 0. The van der Waals surface area contributed by atoms with Crippen LogP contribution in [0.3, 0.4) is 0 Å². The number of hydrogen-bond donors (Lipinski definition) is 2. The highest BCUT2D eigenvalue weighted by molar-refractivity contribution is 5.73. The van der Waals surface area contributed by atoms with Crippen LogP contribution >= 0.6 is 0 Å². The Kier molecular flexibility index (Phi) is 7.26. The molecule has 168 valence electrons. The second-order valence-electron chi connectivity index (χ2n) is 7.42. The molecule has 2 N–H and O–H groups in total. The van der Waals surface area contributed by atoms with Crippen molar-refractivity contribution in [1.29, 1.82) is 0 Å². The highest BCUT2D eigenvalue weighted by atomic mass is 19.4. The molecule has 0 aromatic carbocycles. The molecule has 2 aromatic heterocycles. The average Bonchev–Trinajstić information content (AvgIpc) is 3.17. The number of nitrogens with zero attached hydrogens (tertiary/aromatic N) is 4. The van der Waals surface area contributed by atoms with Crippen molar-refractivity contribution in [3.63, 3.8) is 0 Å². The number of aryl methyl sites for hydroxylation is 1. The van der Waals surface area contributed by atoms with Crippen LogP contribution < -0.4 is 10.2 Å². The van der Waals surface area contributed by atoms with Crippen LogP contribution in [0, 0.1) is 12.8 Å². The van der Waals surface area contributed by atoms with E-state index in [1.165, 1.54) is 0 Å². The van der Waals surface area contributed by atoms with Gasteiger partial charge in [0.15, 0.2) is 0 Å². The number of carbonyl (C=O) groups is 1. The van der Waals surface area contributed by atoms with E-state index in [0.717, 1.165) is 49.7 Å². The molecule has 3 atom stereocenters. The number of hydrogen-bond acceptors (Lipinski definition) is 7. The van der Waals surface area contributed by atoms with Gasteiger partial charge in [0.1, 0.15) is 0 Å². The SMILES string of the molecule is Cc1cnc(N2CCOC3C(CNc4cccnc4)CCC32)nc1.O=C(O)C(F)(F)F. The molecule has 0 spiro atoms. The zero-order valence-corrected chi connectivity index (χ0v) is 16.9. The van der Waals surface area contributed by atoms with Gasteiger partial charge in [-0.25, -0.2) is 14.8 Å². The fraction of sp³-hybridized carbons (Fsp3) is 0.500. The van der Waals surface area contributed by atoms with E-state index in [0.29, 0.717) is 12.0 Å². The largest absolute Gasteiger partial charge is 0.490 e. The van der Waals surface area contributed by atoms with E-state index in [1.54, 1.807) is 6.20 Å². The highest BCUT2D eigenvalue weighted by Crippen LogP contribution is 2.36. The van der Waals surface area contributed by atoms with Gasteiger partial charge in [0, 0.05) is 43.8 Å². The number of aromatic nitrogens is 3. The molecule has 11 heteroatoms. The Bertz CT molecular complexity index is 851. The van der Waals surface area contributed by atoms with Gasteiger partial charge in [-0.15, -0.1) is 0 Å². The second kappa shape index (κ2) is 9.90. The van der Waals surface area contributed by atoms with Gasteiger partial charge < -0.3 is 20.1 Å². The molecule has 1 aliphatic carbocycles. The molecule has 0 amide bonds. The van der Waals surface area contributed by atoms with E-state index >= 15 is 0 Å². The number of fused-ring (bicyclic) bond motifs is 1. The van der Waals surface area contributed by atoms with Gasteiger partial charge in [-0.2, -0.15) is 13.2 Å². The molecular weight excluding hydrogens is 415 g/mol. The van der Waals surface area contributed by atoms with Gasteiger partial charge in [0.05, 0.1) is 24.4 Å². The first kappa shape index (κ1) is 22.7. The molecule has 3 unspecified atom stereocenters. The summed E-state index contributed by atoms with van der Waals surface area (Å²) in [7, 11) is 0. The molecule has 2 fully saturated rings. The molecule has 2 aromatic rings. The van der Waals surface area contributed by atoms with Crippen LogP contribution in [0.1, 0.15) is 18.4 Å². The lowest BCUT2D eigenvalue weighted by molar-refractivity contribution is -0.192. The maximum absolute atomic E-state index is 10.6. The normalized spacial score (nSPS) is 22.8. The number of carboxylic acid groups (broad SMARTS) is 1. The van der Waals surface area contributed by atoms with Crippen LogP contribution in [0.15, 0.2) is 36.9 Å². The van der Waals surface area contributed by atoms with Crippen molar-refractivity contribution in [2.24, 2.45) is 5.92 Å². The molecule has 1 aliphatic heterocycles. The molecule has 1 saturated heterocycles. The third kappa shape index (κ3) is 6.03. The monoisotopic (exact) mass is 439 g/mol. The van der Waals surface area contributed by atoms with Crippen LogP contribution in [0.25, 0.3) is 0 Å². The summed E-state index contributed by atoms with van der Waals surface area (Å²) in [6, 6.07) is 4.38. The van der Waals surface area contributed by atoms with Crippen molar-refractivity contribution in [1.82, 2.24) is 15.0 Å². The fourth-order valence-electron chi connectivity index (χ4n) is 3.78. The maximum atomic E-state index is 10.6. The van der Waals surface area contributed by atoms with Crippen LogP contribution in [0.5, 0.6) is 0 Å². The molecular formula is C20H24F3N5O3. The van der Waals surface area contributed by atoms with Gasteiger partial charge in [-0.3, -0.25) is 4.98 Å². The van der Waals surface area contributed by atoms with Crippen molar-refractivity contribution < 1.29 is 27.8 Å². The van der Waals surface area contributed by atoms with Gasteiger partial charge in [0.2, 0.25) is 5.95 Å². The van der Waals surface area contributed by atoms with E-state index in [9.17, 15) is 13.2 Å². The average molecular weight is 439 g/mol. The summed E-state index contributed by atoms with van der Waals surface area (Å²) < 4.78 is 37.9. The number of carboxylic acids is 1. The van der Waals surface area contributed by atoms with E-state index in [1.807, 2.05) is 37.6 Å². The van der Waals surface area contributed by atoms with Crippen molar-refractivity contribution in [3.05, 3.63) is 42.5 Å². The Morgan fingerprint density at radius 1 is 1.29 bits per heavy atom. The lowest BCUT2D eigenvalue weighted by Gasteiger charge is -2.39. The summed E-state index contributed by atoms with van der Waals surface area (Å²) in [5, 5.41) is 10.6. The van der Waals surface area contributed by atoms with Crippen molar-refractivity contribution in [3.8, 4) is 0 Å². The minimum atomic E-state index is -5.08. The van der Waals surface area contributed by atoms with Crippen molar-refractivity contribution in [2.75, 3.05) is 29.9 Å². The van der Waals surface area contributed by atoms with Gasteiger partial charge in [-0.05, 0) is 37.5 Å². The lowest BCUT2D eigenvalue weighted by Crippen LogP contribution is -2.51. The summed E-state index contributed by atoms with van der Waals surface area (Å²) in [6.45, 7) is 4.53. The Balaban J connectivity index is 0.000000339. The van der Waals surface area contributed by atoms with E-state index in [2.05, 4.69) is 25.2 Å². The lowest BCUT2D eigenvalue weighted by atomic mass is 10.0. The Labute approximate surface area is 177 Å². The topological polar surface area (TPSA) is 100 Å². The van der Waals surface area contributed by atoms with Crippen LogP contribution in [0.4, 0.5) is 24.8 Å². The van der Waals surface area contributed by atoms with E-state index in [4.69, 9.17) is 14.6 Å². The van der Waals surface area contributed by atoms with Crippen molar-refractivity contribution >= 4 is 17.6 Å². The first-order chi connectivity index (χ1) is 14.8. The number of pyridine rings is 1. The zero-order chi connectivity index (χ0) is 22.4. The highest BCUT2D eigenvalue weighted by Gasteiger charge is 2.43. The summed E-state index contributed by atoms with van der Waals surface area (Å²) in [4.78, 5) is 24.4. The molecule has 31 heavy (non-hydrogen) atoms. The third-order valence-electron chi connectivity index (χ3n) is 5.22. The minimum Gasteiger partial charge on any atom is -0.475 e. The number of anilines is 2. The number of morpholine rings is 1. The van der Waals surface area contributed by atoms with Gasteiger partial charge >= 0.3 is 12.1 Å². The van der Waals surface area contributed by atoms with Crippen LogP contribution in [0.2, 0.25) is 0 Å². The molecule has 1 saturated carbocycles. The smallest absolute Gasteiger partial charge is 0.475 e. The van der Waals surface area contributed by atoms with Crippen LogP contribution in [-0.2, 0) is 9.53 Å². The number of halogens is 3. The predicted molar refractivity (Wildman–Crippen MR) is 107 cm³/mol. The van der Waals surface area contributed by atoms with Gasteiger partial charge in [0.25, 0.3) is 0 Å². The maximum Gasteiger partial charge on any atom is 0.490 e. The quantitative estimate of drug-likeness (QED) is 0.750. The van der Waals surface area contributed by atoms with E-state index in [-0.39, 0.29) is 6.10 Å². The summed E-state index contributed by atoms with van der Waals surface area (Å²) in [5.74, 6) is -1.42. The first-order valence-electron chi connectivity index (χ1n) is 9.86. The molecule has 0 bridgehead atoms. The number of ether oxygens (including phenoxy) is 1. The van der Waals surface area contributed by atoms with Gasteiger partial charge in [-0.1, -0.05) is 0 Å². The summed E-state index contributed by atoms with van der Waals surface area (Å²) in [5.41, 5.74) is 2.16. The third-order valence-corrected chi connectivity index (χ3v) is 5.22. The summed E-state index contributed by atoms with van der Waals surface area (Å²) in [6.07, 6.45) is 4.88. The van der Waals surface area contributed by atoms with Crippen LogP contribution in [-0.4, -0.2) is 64.0 Å². The standard InChI is InChI=1S/C18H23N5O.C2HF3O2/c1-13-9-21-18(22-10-13)23-7-8-24-17-14(4-5-16(17)23)11-20-15-3-2-6-19-12-15;3-2(4,5)1(6)7/h2-3,6,9-10,12,14,16-17,20H,4-5,7-8,11H2,1H3;(H,6,7). The number of nitrogens with one attached hydrogen (secondary N) is 1. The predicted octanol–water partition coefficient (Wildman–Crippen LogP) is 2.91. The van der Waals surface area contributed by atoms with Crippen molar-refractivity contribution in [2.45, 2.75) is 38.1 Å². The molecule has 4 rings (SSSR count). The fourth-order valence-corrected chi connectivity index (χ4v) is 3.78. The Morgan fingerprint density at radius 3 is 2.61 bits per heavy atom. The molecule has 8 nitrogen and oxygen atoms in total. The molecule has 2 aliphatic rings. The van der Waals surface area contributed by atoms with E-state index < -0.39 is 12.1 Å². The number of aliphatic carboxylic acids is 1. The molecule has 0 radical (unpaired) electrons. The second-order valence-corrected chi connectivity index (χ2v) is 7.42.